The van der Waals surface area contributed by atoms with E-state index < -0.39 is 11.9 Å². The molecule has 116 valence electrons. The van der Waals surface area contributed by atoms with Crippen LogP contribution in [-0.4, -0.2) is 31.6 Å². The first-order chi connectivity index (χ1) is 10.0. The van der Waals surface area contributed by atoms with Gasteiger partial charge >= 0.3 is 5.97 Å². The number of rotatable bonds is 8. The molecule has 0 saturated carbocycles. The zero-order valence-electron chi connectivity index (χ0n) is 12.6. The summed E-state index contributed by atoms with van der Waals surface area (Å²) in [6, 6.07) is 5.02. The van der Waals surface area contributed by atoms with E-state index in [1.165, 1.54) is 0 Å². The van der Waals surface area contributed by atoms with Crippen molar-refractivity contribution in [2.75, 3.05) is 30.3 Å². The lowest BCUT2D eigenvalue weighted by Gasteiger charge is -2.26. The SMILES string of the molecule is CCCCN(CC(N)=O)c1c(N)cccc1C(=O)OCC. The molecule has 0 fully saturated rings. The Balaban J connectivity index is 3.20. The fourth-order valence-corrected chi connectivity index (χ4v) is 2.09. The highest BCUT2D eigenvalue weighted by Crippen LogP contribution is 2.29. The maximum atomic E-state index is 12.1. The Hall–Kier alpha value is -2.24. The highest BCUT2D eigenvalue weighted by Gasteiger charge is 2.21. The highest BCUT2D eigenvalue weighted by molar-refractivity contribution is 6.00. The molecular weight excluding hydrogens is 270 g/mol. The van der Waals surface area contributed by atoms with Crippen molar-refractivity contribution in [1.29, 1.82) is 0 Å². The molecule has 0 unspecified atom stereocenters. The van der Waals surface area contributed by atoms with Crippen molar-refractivity contribution in [3.63, 3.8) is 0 Å². The molecule has 1 rings (SSSR count). The van der Waals surface area contributed by atoms with Crippen LogP contribution in [0.4, 0.5) is 11.4 Å². The minimum Gasteiger partial charge on any atom is -0.462 e. The van der Waals surface area contributed by atoms with Crippen molar-refractivity contribution >= 4 is 23.3 Å². The number of nitrogen functional groups attached to an aromatic ring is 1. The second kappa shape index (κ2) is 8.14. The minimum atomic E-state index is -0.468. The van der Waals surface area contributed by atoms with E-state index in [9.17, 15) is 9.59 Å². The molecule has 0 saturated heterocycles. The average Bonchev–Trinajstić information content (AvgIpc) is 2.43. The molecule has 0 radical (unpaired) electrons. The van der Waals surface area contributed by atoms with Gasteiger partial charge in [0.2, 0.25) is 5.91 Å². The number of amides is 1. The largest absolute Gasteiger partial charge is 0.462 e. The summed E-state index contributed by atoms with van der Waals surface area (Å²) in [6.45, 7) is 4.67. The Bertz CT molecular complexity index is 503. The average molecular weight is 293 g/mol. The number of anilines is 2. The third-order valence-electron chi connectivity index (χ3n) is 3.01. The molecule has 1 amide bonds. The molecule has 0 aliphatic heterocycles. The van der Waals surface area contributed by atoms with Gasteiger partial charge < -0.3 is 21.1 Å². The molecule has 4 N–H and O–H groups in total. The molecule has 0 aliphatic carbocycles. The molecule has 1 aromatic carbocycles. The van der Waals surface area contributed by atoms with Crippen molar-refractivity contribution in [3.05, 3.63) is 23.8 Å². The van der Waals surface area contributed by atoms with Gasteiger partial charge in [0.25, 0.3) is 0 Å². The van der Waals surface area contributed by atoms with Gasteiger partial charge in [-0.15, -0.1) is 0 Å². The number of carbonyl (C=O) groups is 2. The zero-order chi connectivity index (χ0) is 15.8. The van der Waals surface area contributed by atoms with E-state index >= 15 is 0 Å². The van der Waals surface area contributed by atoms with Gasteiger partial charge in [0, 0.05) is 6.54 Å². The molecule has 0 heterocycles. The quantitative estimate of drug-likeness (QED) is 0.559. The molecular formula is C15H23N3O3. The molecule has 0 aromatic heterocycles. The first-order valence-corrected chi connectivity index (χ1v) is 7.10. The lowest BCUT2D eigenvalue weighted by molar-refractivity contribution is -0.116. The lowest BCUT2D eigenvalue weighted by atomic mass is 10.1. The number of hydrogen-bond acceptors (Lipinski definition) is 5. The van der Waals surface area contributed by atoms with E-state index in [1.807, 2.05) is 6.92 Å². The van der Waals surface area contributed by atoms with Crippen molar-refractivity contribution < 1.29 is 14.3 Å². The monoisotopic (exact) mass is 293 g/mol. The Kier molecular flexibility index (Phi) is 6.52. The number of nitrogens with two attached hydrogens (primary N) is 2. The summed E-state index contributed by atoms with van der Waals surface area (Å²) in [6.07, 6.45) is 1.82. The number of benzene rings is 1. The van der Waals surface area contributed by atoms with Crippen LogP contribution >= 0.6 is 0 Å². The van der Waals surface area contributed by atoms with Crippen molar-refractivity contribution in [3.8, 4) is 0 Å². The molecule has 0 bridgehead atoms. The Morgan fingerprint density at radius 2 is 2.00 bits per heavy atom. The summed E-state index contributed by atoms with van der Waals surface area (Å²) in [5.41, 5.74) is 12.6. The van der Waals surface area contributed by atoms with Crippen molar-refractivity contribution in [1.82, 2.24) is 0 Å². The number of nitrogens with zero attached hydrogens (tertiary/aromatic N) is 1. The number of ether oxygens (including phenoxy) is 1. The summed E-state index contributed by atoms with van der Waals surface area (Å²) in [7, 11) is 0. The predicted octanol–water partition coefficient (Wildman–Crippen LogP) is 1.54. The maximum Gasteiger partial charge on any atom is 0.340 e. The van der Waals surface area contributed by atoms with Crippen LogP contribution in [-0.2, 0) is 9.53 Å². The van der Waals surface area contributed by atoms with E-state index in [0.29, 0.717) is 23.5 Å². The fraction of sp³-hybridized carbons (Fsp3) is 0.467. The first-order valence-electron chi connectivity index (χ1n) is 7.10. The number of carbonyl (C=O) groups excluding carboxylic acids is 2. The molecule has 1 aromatic rings. The summed E-state index contributed by atoms with van der Waals surface area (Å²) < 4.78 is 5.05. The van der Waals surface area contributed by atoms with E-state index in [2.05, 4.69) is 0 Å². The lowest BCUT2D eigenvalue weighted by Crippen LogP contribution is -2.36. The van der Waals surface area contributed by atoms with Crippen LogP contribution in [0.3, 0.4) is 0 Å². The summed E-state index contributed by atoms with van der Waals surface area (Å²) in [5.74, 6) is -0.921. The Morgan fingerprint density at radius 3 is 2.57 bits per heavy atom. The standard InChI is InChI=1S/C15H23N3O3/c1-3-5-9-18(10-13(17)19)14-11(15(20)21-4-2)7-6-8-12(14)16/h6-8H,3-5,9-10,16H2,1-2H3,(H2,17,19). The fourth-order valence-electron chi connectivity index (χ4n) is 2.09. The minimum absolute atomic E-state index is 0.0145. The number of unbranched alkanes of at least 4 members (excludes halogenated alkanes) is 1. The van der Waals surface area contributed by atoms with E-state index in [-0.39, 0.29) is 13.2 Å². The van der Waals surface area contributed by atoms with Crippen LogP contribution in [0.1, 0.15) is 37.0 Å². The van der Waals surface area contributed by atoms with Gasteiger partial charge in [-0.3, -0.25) is 4.79 Å². The third-order valence-corrected chi connectivity index (χ3v) is 3.01. The zero-order valence-corrected chi connectivity index (χ0v) is 12.6. The summed E-state index contributed by atoms with van der Waals surface area (Å²) >= 11 is 0. The van der Waals surface area contributed by atoms with Crippen molar-refractivity contribution in [2.45, 2.75) is 26.7 Å². The molecule has 21 heavy (non-hydrogen) atoms. The summed E-state index contributed by atoms with van der Waals surface area (Å²) in [4.78, 5) is 25.1. The van der Waals surface area contributed by atoms with Gasteiger partial charge in [0.05, 0.1) is 30.1 Å². The van der Waals surface area contributed by atoms with Crippen LogP contribution < -0.4 is 16.4 Å². The summed E-state index contributed by atoms with van der Waals surface area (Å²) in [5, 5.41) is 0. The first kappa shape index (κ1) is 16.8. The van der Waals surface area contributed by atoms with E-state index in [4.69, 9.17) is 16.2 Å². The second-order valence-corrected chi connectivity index (χ2v) is 4.71. The van der Waals surface area contributed by atoms with Crippen LogP contribution in [0.25, 0.3) is 0 Å². The molecule has 0 atom stereocenters. The van der Waals surface area contributed by atoms with Gasteiger partial charge in [0.15, 0.2) is 0 Å². The van der Waals surface area contributed by atoms with Gasteiger partial charge in [-0.25, -0.2) is 4.79 Å². The third kappa shape index (κ3) is 4.66. The highest BCUT2D eigenvalue weighted by atomic mass is 16.5. The van der Waals surface area contributed by atoms with Crippen LogP contribution in [0.2, 0.25) is 0 Å². The van der Waals surface area contributed by atoms with Crippen LogP contribution in [0.5, 0.6) is 0 Å². The van der Waals surface area contributed by atoms with Crippen molar-refractivity contribution in [2.24, 2.45) is 5.73 Å². The topological polar surface area (TPSA) is 98.6 Å². The Morgan fingerprint density at radius 1 is 1.29 bits per heavy atom. The van der Waals surface area contributed by atoms with Crippen LogP contribution in [0, 0.1) is 0 Å². The normalized spacial score (nSPS) is 10.2. The van der Waals surface area contributed by atoms with Gasteiger partial charge in [-0.2, -0.15) is 0 Å². The maximum absolute atomic E-state index is 12.1. The number of esters is 1. The van der Waals surface area contributed by atoms with Crippen LogP contribution in [0.15, 0.2) is 18.2 Å². The van der Waals surface area contributed by atoms with E-state index in [1.54, 1.807) is 30.0 Å². The molecule has 6 nitrogen and oxygen atoms in total. The number of para-hydroxylation sites is 1. The number of primary amides is 1. The van der Waals surface area contributed by atoms with Gasteiger partial charge in [-0.1, -0.05) is 19.4 Å². The molecule has 0 spiro atoms. The second-order valence-electron chi connectivity index (χ2n) is 4.71. The Labute approximate surface area is 125 Å². The van der Waals surface area contributed by atoms with Gasteiger partial charge in [0.1, 0.15) is 0 Å². The molecule has 0 aliphatic rings. The molecule has 6 heteroatoms. The van der Waals surface area contributed by atoms with E-state index in [0.717, 1.165) is 12.8 Å². The number of hydrogen-bond donors (Lipinski definition) is 2. The van der Waals surface area contributed by atoms with Gasteiger partial charge in [-0.05, 0) is 25.5 Å². The smallest absolute Gasteiger partial charge is 0.340 e. The predicted molar refractivity (Wildman–Crippen MR) is 83.1 cm³/mol.